The molecule has 8 rings (SSSR count). The summed E-state index contributed by atoms with van der Waals surface area (Å²) in [6, 6.07) is 15.0. The number of carbonyl (C=O) groups is 2. The number of piperazine rings is 1. The van der Waals surface area contributed by atoms with Crippen molar-refractivity contribution in [3.8, 4) is 11.5 Å². The van der Waals surface area contributed by atoms with Crippen LogP contribution in [0.4, 0.5) is 5.69 Å². The van der Waals surface area contributed by atoms with Gasteiger partial charge in [0.15, 0.2) is 5.76 Å². The van der Waals surface area contributed by atoms with Crippen molar-refractivity contribution in [2.24, 2.45) is 17.8 Å². The first-order valence-corrected chi connectivity index (χ1v) is 14.9. The summed E-state index contributed by atoms with van der Waals surface area (Å²) in [5.74, 6) is 3.03. The molecule has 2 bridgehead atoms. The Morgan fingerprint density at radius 2 is 1.95 bits per heavy atom. The molecule has 4 fully saturated rings. The predicted molar refractivity (Wildman–Crippen MR) is 157 cm³/mol. The highest BCUT2D eigenvalue weighted by molar-refractivity contribution is 6.01. The highest BCUT2D eigenvalue weighted by Crippen LogP contribution is 2.44. The number of anilines is 1. The summed E-state index contributed by atoms with van der Waals surface area (Å²) in [7, 11) is 0. The van der Waals surface area contributed by atoms with E-state index in [9.17, 15) is 9.59 Å². The molecule has 7 nitrogen and oxygen atoms in total. The fourth-order valence-corrected chi connectivity index (χ4v) is 7.55. The summed E-state index contributed by atoms with van der Waals surface area (Å²) in [6.45, 7) is 8.11. The Morgan fingerprint density at radius 1 is 1.07 bits per heavy atom. The van der Waals surface area contributed by atoms with Gasteiger partial charge < -0.3 is 24.1 Å². The third-order valence-electron chi connectivity index (χ3n) is 10.1. The number of fused-ring (bicyclic) bond motifs is 4. The number of nitrogens with zero attached hydrogens (tertiary/aromatic N) is 3. The quantitative estimate of drug-likeness (QED) is 0.362. The largest absolute Gasteiger partial charge is 0.454 e. The van der Waals surface area contributed by atoms with Crippen molar-refractivity contribution in [3.05, 3.63) is 53.6 Å². The molecule has 2 amide bonds. The third kappa shape index (κ3) is 3.74. The van der Waals surface area contributed by atoms with E-state index in [0.717, 1.165) is 76.2 Å². The highest BCUT2D eigenvalue weighted by atomic mass is 16.3. The highest BCUT2D eigenvalue weighted by Gasteiger charge is 2.46. The standard InChI is InChI=1S/C33H36N4O3/c1-19-24-7-10-27(19)37(18-24)33(39)23-6-9-26-20(2)32(40-30(26)14-23)29-13-22-5-8-25(35-12-11-34-16-31(35)38)15-28(22)36(29)17-21-3-4-21/h5-6,8-9,13-15,19,21,24,27,34H,3-4,7,10-12,16-18H2,1-2H3. The van der Waals surface area contributed by atoms with Crippen LogP contribution in [0.25, 0.3) is 33.3 Å². The number of aromatic nitrogens is 1. The van der Waals surface area contributed by atoms with Gasteiger partial charge in [-0.3, -0.25) is 9.59 Å². The Balaban J connectivity index is 1.19. The number of furan rings is 1. The molecule has 2 saturated heterocycles. The van der Waals surface area contributed by atoms with Gasteiger partial charge in [-0.25, -0.2) is 0 Å². The van der Waals surface area contributed by atoms with Crippen LogP contribution in [0.2, 0.25) is 0 Å². The lowest BCUT2D eigenvalue weighted by Crippen LogP contribution is -2.48. The number of hydrogen-bond acceptors (Lipinski definition) is 4. The van der Waals surface area contributed by atoms with Crippen molar-refractivity contribution in [2.45, 2.75) is 52.1 Å². The fourth-order valence-electron chi connectivity index (χ4n) is 7.55. The molecule has 0 spiro atoms. The molecule has 2 saturated carbocycles. The van der Waals surface area contributed by atoms with Crippen LogP contribution in [0.1, 0.15) is 48.5 Å². The number of rotatable bonds is 5. The number of amides is 2. The molecule has 3 atom stereocenters. The minimum Gasteiger partial charge on any atom is -0.454 e. The van der Waals surface area contributed by atoms with Crippen molar-refractivity contribution < 1.29 is 14.0 Å². The molecule has 2 aliphatic carbocycles. The average Bonchev–Trinajstić information content (AvgIpc) is 3.38. The number of benzene rings is 2. The van der Waals surface area contributed by atoms with Gasteiger partial charge in [-0.1, -0.05) is 19.1 Å². The molecule has 2 aliphatic heterocycles. The van der Waals surface area contributed by atoms with Crippen LogP contribution >= 0.6 is 0 Å². The van der Waals surface area contributed by atoms with Gasteiger partial charge in [0.1, 0.15) is 5.58 Å². The molecule has 4 aliphatic rings. The maximum absolute atomic E-state index is 13.5. The van der Waals surface area contributed by atoms with Gasteiger partial charge >= 0.3 is 0 Å². The van der Waals surface area contributed by atoms with Gasteiger partial charge in [-0.05, 0) is 80.7 Å². The molecule has 2 aromatic heterocycles. The van der Waals surface area contributed by atoms with Crippen molar-refractivity contribution in [1.29, 1.82) is 0 Å². The van der Waals surface area contributed by atoms with Crippen molar-refractivity contribution in [3.63, 3.8) is 0 Å². The zero-order valence-electron chi connectivity index (χ0n) is 23.3. The number of carbonyl (C=O) groups excluding carboxylic acids is 2. The van der Waals surface area contributed by atoms with Crippen molar-refractivity contribution in [2.75, 3.05) is 31.1 Å². The Bertz CT molecular complexity index is 1680. The number of piperidine rings is 1. The van der Waals surface area contributed by atoms with Crippen LogP contribution in [0.3, 0.4) is 0 Å². The zero-order valence-corrected chi connectivity index (χ0v) is 23.3. The lowest BCUT2D eigenvalue weighted by atomic mass is 10.0. The summed E-state index contributed by atoms with van der Waals surface area (Å²) < 4.78 is 8.98. The second-order valence-corrected chi connectivity index (χ2v) is 12.5. The molecule has 2 aromatic carbocycles. The van der Waals surface area contributed by atoms with E-state index in [0.29, 0.717) is 36.9 Å². The first-order valence-electron chi connectivity index (χ1n) is 14.9. The number of likely N-dealkylation sites (tertiary alicyclic amines) is 1. The van der Waals surface area contributed by atoms with E-state index in [1.807, 2.05) is 17.0 Å². The van der Waals surface area contributed by atoms with Crippen LogP contribution in [-0.2, 0) is 11.3 Å². The average molecular weight is 537 g/mol. The number of nitrogens with one attached hydrogen (secondary N) is 1. The topological polar surface area (TPSA) is 70.7 Å². The van der Waals surface area contributed by atoms with E-state index in [2.05, 4.69) is 59.0 Å². The smallest absolute Gasteiger partial charge is 0.254 e. The van der Waals surface area contributed by atoms with Gasteiger partial charge in [0, 0.05) is 59.8 Å². The molecule has 40 heavy (non-hydrogen) atoms. The maximum atomic E-state index is 13.5. The molecule has 4 aromatic rings. The summed E-state index contributed by atoms with van der Waals surface area (Å²) in [6.07, 6.45) is 4.87. The van der Waals surface area contributed by atoms with Crippen LogP contribution < -0.4 is 10.2 Å². The SMILES string of the molecule is Cc1c(-c2cc3ccc(N4CCNCC4=O)cc3n2CC2CC2)oc2cc(C(=O)N3CC4CCC3C4C)ccc12. The molecular weight excluding hydrogens is 500 g/mol. The van der Waals surface area contributed by atoms with E-state index in [4.69, 9.17) is 4.42 Å². The van der Waals surface area contributed by atoms with Gasteiger partial charge in [0.2, 0.25) is 5.91 Å². The normalized spacial score (nSPS) is 24.6. The Kier molecular flexibility index (Phi) is 5.43. The summed E-state index contributed by atoms with van der Waals surface area (Å²) in [5.41, 5.74) is 5.75. The first-order chi connectivity index (χ1) is 19.5. The van der Waals surface area contributed by atoms with Crippen LogP contribution in [0.5, 0.6) is 0 Å². The van der Waals surface area contributed by atoms with Crippen LogP contribution in [0, 0.1) is 24.7 Å². The fraction of sp³-hybridized carbons (Fsp3) is 0.455. The van der Waals surface area contributed by atoms with Crippen molar-refractivity contribution >= 4 is 39.4 Å². The van der Waals surface area contributed by atoms with E-state index in [1.54, 1.807) is 0 Å². The lowest BCUT2D eigenvalue weighted by molar-refractivity contribution is -0.118. The van der Waals surface area contributed by atoms with E-state index in [1.165, 1.54) is 19.3 Å². The molecular formula is C33H36N4O3. The number of aryl methyl sites for hydroxylation is 1. The van der Waals surface area contributed by atoms with Gasteiger partial charge in [0.05, 0.1) is 17.8 Å². The summed E-state index contributed by atoms with van der Waals surface area (Å²) >= 11 is 0. The molecule has 1 N–H and O–H groups in total. The predicted octanol–water partition coefficient (Wildman–Crippen LogP) is 5.58. The van der Waals surface area contributed by atoms with Crippen molar-refractivity contribution in [1.82, 2.24) is 14.8 Å². The van der Waals surface area contributed by atoms with Crippen LogP contribution in [-0.4, -0.2) is 53.5 Å². The molecule has 206 valence electrons. The van der Waals surface area contributed by atoms with Gasteiger partial charge in [-0.15, -0.1) is 0 Å². The molecule has 7 heteroatoms. The Morgan fingerprint density at radius 3 is 2.70 bits per heavy atom. The third-order valence-corrected chi connectivity index (χ3v) is 10.1. The van der Waals surface area contributed by atoms with E-state index in [-0.39, 0.29) is 11.8 Å². The summed E-state index contributed by atoms with van der Waals surface area (Å²) in [5, 5.41) is 5.37. The number of hydrogen-bond donors (Lipinski definition) is 1. The molecule has 3 unspecified atom stereocenters. The van der Waals surface area contributed by atoms with E-state index < -0.39 is 0 Å². The second-order valence-electron chi connectivity index (χ2n) is 12.5. The van der Waals surface area contributed by atoms with Gasteiger partial charge in [-0.2, -0.15) is 0 Å². The molecule has 4 heterocycles. The van der Waals surface area contributed by atoms with Gasteiger partial charge in [0.25, 0.3) is 5.91 Å². The Hall–Kier alpha value is -3.58. The monoisotopic (exact) mass is 536 g/mol. The lowest BCUT2D eigenvalue weighted by Gasteiger charge is -2.27. The minimum absolute atomic E-state index is 0.112. The first kappa shape index (κ1) is 24.2. The van der Waals surface area contributed by atoms with E-state index >= 15 is 0 Å². The summed E-state index contributed by atoms with van der Waals surface area (Å²) in [4.78, 5) is 30.1. The maximum Gasteiger partial charge on any atom is 0.254 e. The minimum atomic E-state index is 0.112. The second kappa shape index (κ2) is 8.96. The zero-order chi connectivity index (χ0) is 27.1. The van der Waals surface area contributed by atoms with Crippen LogP contribution in [0.15, 0.2) is 46.9 Å². The Labute approximate surface area is 234 Å². The molecule has 0 radical (unpaired) electrons.